The summed E-state index contributed by atoms with van der Waals surface area (Å²) in [5, 5.41) is 18.0. The first kappa shape index (κ1) is 13.2. The van der Waals surface area contributed by atoms with Gasteiger partial charge in [0.2, 0.25) is 11.1 Å². The highest BCUT2D eigenvalue weighted by Crippen LogP contribution is 2.26. The minimum Gasteiger partial charge on any atom is -0.358 e. The van der Waals surface area contributed by atoms with Crippen molar-refractivity contribution in [2.45, 2.75) is 13.5 Å². The first-order chi connectivity index (χ1) is 8.97. The minimum absolute atomic E-state index is 0.0355. The Morgan fingerprint density at radius 2 is 2.26 bits per heavy atom. The van der Waals surface area contributed by atoms with Crippen molar-refractivity contribution in [2.24, 2.45) is 7.05 Å². The van der Waals surface area contributed by atoms with Gasteiger partial charge in [0.15, 0.2) is 0 Å². The Morgan fingerprint density at radius 1 is 1.53 bits per heavy atom. The second-order valence-electron chi connectivity index (χ2n) is 3.87. The lowest BCUT2D eigenvalue weighted by atomic mass is 10.3. The lowest BCUT2D eigenvalue weighted by Gasteiger charge is -2.06. The molecule has 0 bridgehead atoms. The number of nitrogens with zero attached hydrogens (tertiary/aromatic N) is 5. The molecule has 9 heteroatoms. The average molecular weight is 283 g/mol. The van der Waals surface area contributed by atoms with Crippen molar-refractivity contribution in [1.82, 2.24) is 19.7 Å². The molecule has 0 fully saturated rings. The molecule has 0 spiro atoms. The van der Waals surface area contributed by atoms with E-state index in [9.17, 15) is 10.1 Å². The van der Waals surface area contributed by atoms with E-state index in [0.29, 0.717) is 6.54 Å². The standard InChI is InChI=1S/C10H11ClN6O2/c1-6-8(17(18)19)9(14-10(11)13-6)12-5-7-3-4-16(2)15-7/h3-4H,5H2,1-2H3,(H,12,13,14). The van der Waals surface area contributed by atoms with E-state index in [0.717, 1.165) is 5.69 Å². The molecule has 0 radical (unpaired) electrons. The molecule has 0 aliphatic rings. The van der Waals surface area contributed by atoms with Crippen molar-refractivity contribution in [1.29, 1.82) is 0 Å². The van der Waals surface area contributed by atoms with Crippen molar-refractivity contribution in [3.05, 3.63) is 39.0 Å². The summed E-state index contributed by atoms with van der Waals surface area (Å²) in [6.07, 6.45) is 1.78. The van der Waals surface area contributed by atoms with Gasteiger partial charge in [-0.1, -0.05) is 0 Å². The molecule has 2 aromatic heterocycles. The van der Waals surface area contributed by atoms with Gasteiger partial charge in [0.25, 0.3) is 0 Å². The quantitative estimate of drug-likeness (QED) is 0.520. The Hall–Kier alpha value is -2.22. The van der Waals surface area contributed by atoms with Crippen molar-refractivity contribution in [2.75, 3.05) is 5.32 Å². The zero-order valence-corrected chi connectivity index (χ0v) is 11.0. The van der Waals surface area contributed by atoms with Crippen molar-refractivity contribution in [3.63, 3.8) is 0 Å². The third-order valence-corrected chi connectivity index (χ3v) is 2.59. The number of hydrogen-bond acceptors (Lipinski definition) is 6. The number of rotatable bonds is 4. The zero-order chi connectivity index (χ0) is 14.0. The maximum Gasteiger partial charge on any atom is 0.332 e. The highest BCUT2D eigenvalue weighted by molar-refractivity contribution is 6.28. The second-order valence-corrected chi connectivity index (χ2v) is 4.20. The predicted molar refractivity (Wildman–Crippen MR) is 69.0 cm³/mol. The van der Waals surface area contributed by atoms with E-state index in [1.807, 2.05) is 0 Å². The third kappa shape index (κ3) is 2.97. The number of halogens is 1. The summed E-state index contributed by atoms with van der Waals surface area (Å²) in [5.74, 6) is 0.0909. The molecule has 2 rings (SSSR count). The van der Waals surface area contributed by atoms with E-state index < -0.39 is 4.92 Å². The first-order valence-corrected chi connectivity index (χ1v) is 5.76. The fraction of sp³-hybridized carbons (Fsp3) is 0.300. The molecular weight excluding hydrogens is 272 g/mol. The fourth-order valence-corrected chi connectivity index (χ4v) is 1.82. The molecule has 0 atom stereocenters. The average Bonchev–Trinajstić information content (AvgIpc) is 2.71. The van der Waals surface area contributed by atoms with Crippen LogP contribution in [0.2, 0.25) is 5.28 Å². The molecule has 0 aliphatic carbocycles. The van der Waals surface area contributed by atoms with Crippen LogP contribution in [-0.2, 0) is 13.6 Å². The molecule has 0 aliphatic heterocycles. The molecule has 0 amide bonds. The molecule has 0 saturated heterocycles. The summed E-state index contributed by atoms with van der Waals surface area (Å²) in [6, 6.07) is 1.80. The summed E-state index contributed by atoms with van der Waals surface area (Å²) >= 11 is 5.71. The molecule has 8 nitrogen and oxygen atoms in total. The normalized spacial score (nSPS) is 10.5. The molecule has 0 unspecified atom stereocenters. The van der Waals surface area contributed by atoms with Gasteiger partial charge in [-0.2, -0.15) is 10.1 Å². The van der Waals surface area contributed by atoms with Gasteiger partial charge >= 0.3 is 5.69 Å². The topological polar surface area (TPSA) is 98.8 Å². The maximum absolute atomic E-state index is 11.0. The second kappa shape index (κ2) is 5.19. The molecule has 0 aromatic carbocycles. The van der Waals surface area contributed by atoms with E-state index >= 15 is 0 Å². The van der Waals surface area contributed by atoms with E-state index in [4.69, 9.17) is 11.6 Å². The molecule has 0 saturated carbocycles. The smallest absolute Gasteiger partial charge is 0.332 e. The summed E-state index contributed by atoms with van der Waals surface area (Å²) in [4.78, 5) is 18.1. The third-order valence-electron chi connectivity index (χ3n) is 2.42. The van der Waals surface area contributed by atoms with Crippen LogP contribution < -0.4 is 5.32 Å². The Kier molecular flexibility index (Phi) is 3.61. The van der Waals surface area contributed by atoms with Gasteiger partial charge in [0.05, 0.1) is 17.2 Å². The van der Waals surface area contributed by atoms with Crippen LogP contribution >= 0.6 is 11.6 Å². The molecule has 2 aromatic rings. The Morgan fingerprint density at radius 3 is 2.84 bits per heavy atom. The first-order valence-electron chi connectivity index (χ1n) is 5.38. The van der Waals surface area contributed by atoms with Gasteiger partial charge in [-0.05, 0) is 24.6 Å². The van der Waals surface area contributed by atoms with Crippen molar-refractivity contribution < 1.29 is 4.92 Å². The highest BCUT2D eigenvalue weighted by atomic mass is 35.5. The maximum atomic E-state index is 11.0. The van der Waals surface area contributed by atoms with E-state index in [1.54, 1.807) is 24.0 Å². The van der Waals surface area contributed by atoms with Crippen LogP contribution in [-0.4, -0.2) is 24.7 Å². The van der Waals surface area contributed by atoms with Gasteiger partial charge in [0.1, 0.15) is 5.69 Å². The van der Waals surface area contributed by atoms with Crippen LogP contribution in [0.5, 0.6) is 0 Å². The summed E-state index contributed by atoms with van der Waals surface area (Å²) in [6.45, 7) is 1.83. The molecule has 1 N–H and O–H groups in total. The van der Waals surface area contributed by atoms with E-state index in [-0.39, 0.29) is 22.5 Å². The van der Waals surface area contributed by atoms with Gasteiger partial charge < -0.3 is 5.32 Å². The number of aryl methyl sites for hydroxylation is 2. The van der Waals surface area contributed by atoms with Crippen molar-refractivity contribution in [3.8, 4) is 0 Å². The van der Waals surface area contributed by atoms with Crippen LogP contribution in [0.15, 0.2) is 12.3 Å². The summed E-state index contributed by atoms with van der Waals surface area (Å²) in [5.41, 5.74) is 0.776. The predicted octanol–water partition coefficient (Wildman–Crippen LogP) is 1.69. The number of aromatic nitrogens is 4. The fourth-order valence-electron chi connectivity index (χ4n) is 1.61. The van der Waals surface area contributed by atoms with Crippen LogP contribution in [0.3, 0.4) is 0 Å². The van der Waals surface area contributed by atoms with E-state index in [1.165, 1.54) is 6.92 Å². The molecule has 19 heavy (non-hydrogen) atoms. The molecule has 100 valence electrons. The summed E-state index contributed by atoms with van der Waals surface area (Å²) < 4.78 is 1.64. The lowest BCUT2D eigenvalue weighted by molar-refractivity contribution is -0.385. The largest absolute Gasteiger partial charge is 0.358 e. The number of nitro groups is 1. The van der Waals surface area contributed by atoms with Crippen molar-refractivity contribution >= 4 is 23.1 Å². The zero-order valence-electron chi connectivity index (χ0n) is 10.3. The van der Waals surface area contributed by atoms with Gasteiger partial charge in [-0.15, -0.1) is 0 Å². The number of nitrogens with one attached hydrogen (secondary N) is 1. The molecular formula is C10H11ClN6O2. The lowest BCUT2D eigenvalue weighted by Crippen LogP contribution is -2.08. The van der Waals surface area contributed by atoms with Gasteiger partial charge in [0, 0.05) is 13.2 Å². The Balaban J connectivity index is 2.26. The summed E-state index contributed by atoms with van der Waals surface area (Å²) in [7, 11) is 1.79. The van der Waals surface area contributed by atoms with Gasteiger partial charge in [-0.3, -0.25) is 14.8 Å². The SMILES string of the molecule is Cc1nc(Cl)nc(NCc2ccn(C)n2)c1[N+](=O)[O-]. The number of anilines is 1. The molecule has 2 heterocycles. The van der Waals surface area contributed by atoms with Crippen LogP contribution in [0, 0.1) is 17.0 Å². The highest BCUT2D eigenvalue weighted by Gasteiger charge is 2.21. The monoisotopic (exact) mass is 282 g/mol. The Labute approximate surface area is 113 Å². The number of hydrogen-bond donors (Lipinski definition) is 1. The van der Waals surface area contributed by atoms with Crippen LogP contribution in [0.4, 0.5) is 11.5 Å². The van der Waals surface area contributed by atoms with Crippen LogP contribution in [0.1, 0.15) is 11.4 Å². The van der Waals surface area contributed by atoms with E-state index in [2.05, 4.69) is 20.4 Å². The Bertz CT molecular complexity index is 626. The van der Waals surface area contributed by atoms with Crippen LogP contribution in [0.25, 0.3) is 0 Å². The minimum atomic E-state index is -0.535. The van der Waals surface area contributed by atoms with Gasteiger partial charge in [-0.25, -0.2) is 4.98 Å².